The highest BCUT2D eigenvalue weighted by Gasteiger charge is 2.53. The largest absolute Gasteiger partial charge is 0.339 e. The maximum atomic E-state index is 14.3. The van der Waals surface area contributed by atoms with Crippen LogP contribution in [-0.4, -0.2) is 71.1 Å². The SMILES string of the molecule is Cc1cncc2c1c(C[C@@H]1CCN(CC3[C@H]4CNC[C@@H]34)C1)cn2-c1ccc(F)cc1C(=O)N(C)C(C)C. The highest BCUT2D eigenvalue weighted by molar-refractivity contribution is 5.99. The first-order chi connectivity index (χ1) is 17.8. The Bertz CT molecular complexity index is 1320. The second-order valence-corrected chi connectivity index (χ2v) is 11.8. The minimum Gasteiger partial charge on any atom is -0.339 e. The zero-order chi connectivity index (χ0) is 25.8. The van der Waals surface area contributed by atoms with Crippen LogP contribution in [0.15, 0.2) is 36.8 Å². The van der Waals surface area contributed by atoms with Crippen molar-refractivity contribution in [3.63, 3.8) is 0 Å². The Morgan fingerprint density at radius 2 is 2.03 bits per heavy atom. The predicted molar refractivity (Wildman–Crippen MR) is 145 cm³/mol. The quantitative estimate of drug-likeness (QED) is 0.523. The molecule has 1 saturated carbocycles. The standard InChI is InChI=1S/C30H38FN5O/c1-18(2)34(4)30(37)23-10-22(31)5-6-27(23)36-16-21(29-19(3)11-32-14-28(29)36)9-20-7-8-35(15-20)17-26-24-12-33-13-25(24)26/h5-6,10-11,14,16,18,20,24-26,33H,7-9,12-13,15,17H2,1-4H3/t20-,24-,25+,26?/m0/s1. The summed E-state index contributed by atoms with van der Waals surface area (Å²) in [6.45, 7) is 12.0. The summed E-state index contributed by atoms with van der Waals surface area (Å²) >= 11 is 0. The molecule has 6 nitrogen and oxygen atoms in total. The number of piperidine rings is 1. The molecule has 1 aliphatic carbocycles. The number of nitrogens with one attached hydrogen (secondary N) is 1. The lowest BCUT2D eigenvalue weighted by Crippen LogP contribution is -2.33. The molecule has 4 atom stereocenters. The summed E-state index contributed by atoms with van der Waals surface area (Å²) in [5.74, 6) is 2.75. The third-order valence-electron chi connectivity index (χ3n) is 9.14. The van der Waals surface area contributed by atoms with Crippen LogP contribution in [-0.2, 0) is 6.42 Å². The van der Waals surface area contributed by atoms with E-state index in [2.05, 4.69) is 32.9 Å². The summed E-state index contributed by atoms with van der Waals surface area (Å²) in [5, 5.41) is 4.72. The fourth-order valence-electron chi connectivity index (χ4n) is 6.78. The molecule has 3 fully saturated rings. The van der Waals surface area contributed by atoms with Crippen LogP contribution in [0, 0.1) is 36.4 Å². The Morgan fingerprint density at radius 1 is 1.24 bits per heavy atom. The van der Waals surface area contributed by atoms with Gasteiger partial charge in [-0.1, -0.05) is 0 Å². The van der Waals surface area contributed by atoms with Crippen LogP contribution in [0.2, 0.25) is 0 Å². The van der Waals surface area contributed by atoms with E-state index in [1.165, 1.54) is 55.7 Å². The normalized spacial score (nSPS) is 25.2. The van der Waals surface area contributed by atoms with Gasteiger partial charge in [0.05, 0.1) is 23.0 Å². The van der Waals surface area contributed by atoms with Crippen LogP contribution in [0.4, 0.5) is 4.39 Å². The van der Waals surface area contributed by atoms with Crippen LogP contribution >= 0.6 is 0 Å². The number of halogens is 1. The van der Waals surface area contributed by atoms with Crippen LogP contribution < -0.4 is 5.32 Å². The molecule has 2 saturated heterocycles. The van der Waals surface area contributed by atoms with E-state index in [1.54, 1.807) is 18.0 Å². The van der Waals surface area contributed by atoms with Gasteiger partial charge in [0.15, 0.2) is 0 Å². The average molecular weight is 504 g/mol. The lowest BCUT2D eigenvalue weighted by molar-refractivity contribution is 0.0754. The molecule has 1 N–H and O–H groups in total. The average Bonchev–Trinajstić information content (AvgIpc) is 3.32. The summed E-state index contributed by atoms with van der Waals surface area (Å²) in [5.41, 5.74) is 4.46. The molecule has 3 aromatic rings. The molecular weight excluding hydrogens is 465 g/mol. The van der Waals surface area contributed by atoms with Gasteiger partial charge in [0.1, 0.15) is 5.82 Å². The van der Waals surface area contributed by atoms with Gasteiger partial charge >= 0.3 is 0 Å². The Kier molecular flexibility index (Phi) is 6.32. The summed E-state index contributed by atoms with van der Waals surface area (Å²) < 4.78 is 16.4. The van der Waals surface area contributed by atoms with Crippen LogP contribution in [0.25, 0.3) is 16.6 Å². The third-order valence-corrected chi connectivity index (χ3v) is 9.14. The Labute approximate surface area is 218 Å². The number of fused-ring (bicyclic) bond motifs is 2. The van der Waals surface area contributed by atoms with Gasteiger partial charge < -0.3 is 19.7 Å². The van der Waals surface area contributed by atoms with Gasteiger partial charge in [-0.15, -0.1) is 0 Å². The van der Waals surface area contributed by atoms with Crippen molar-refractivity contribution in [3.8, 4) is 5.69 Å². The summed E-state index contributed by atoms with van der Waals surface area (Å²) in [7, 11) is 1.77. The van der Waals surface area contributed by atoms with Crippen molar-refractivity contribution in [2.24, 2.45) is 23.7 Å². The van der Waals surface area contributed by atoms with Gasteiger partial charge in [-0.3, -0.25) is 9.78 Å². The molecule has 0 radical (unpaired) electrons. The van der Waals surface area contributed by atoms with Crippen molar-refractivity contribution in [1.82, 2.24) is 24.7 Å². The maximum absolute atomic E-state index is 14.3. The van der Waals surface area contributed by atoms with E-state index in [4.69, 9.17) is 0 Å². The number of nitrogens with zero attached hydrogens (tertiary/aromatic N) is 4. The molecule has 0 spiro atoms. The molecule has 2 aliphatic heterocycles. The van der Waals surface area contributed by atoms with Gasteiger partial charge in [0, 0.05) is 44.0 Å². The molecular formula is C30H38FN5O. The van der Waals surface area contributed by atoms with E-state index in [9.17, 15) is 9.18 Å². The number of aromatic nitrogens is 2. The number of hydrogen-bond acceptors (Lipinski definition) is 4. The van der Waals surface area contributed by atoms with Crippen molar-refractivity contribution in [1.29, 1.82) is 0 Å². The van der Waals surface area contributed by atoms with Crippen molar-refractivity contribution in [2.45, 2.75) is 39.7 Å². The molecule has 1 amide bonds. The van der Waals surface area contributed by atoms with E-state index in [1.807, 2.05) is 26.2 Å². The number of amides is 1. The number of likely N-dealkylation sites (tertiary alicyclic amines) is 1. The molecule has 37 heavy (non-hydrogen) atoms. The lowest BCUT2D eigenvalue weighted by atomic mass is 9.97. The van der Waals surface area contributed by atoms with Crippen molar-refractivity contribution in [2.75, 3.05) is 39.8 Å². The number of carbonyl (C=O) groups is 1. The second-order valence-electron chi connectivity index (χ2n) is 11.8. The number of pyridine rings is 1. The van der Waals surface area contributed by atoms with E-state index in [-0.39, 0.29) is 11.9 Å². The van der Waals surface area contributed by atoms with Gasteiger partial charge in [0.25, 0.3) is 5.91 Å². The molecule has 4 heterocycles. The first-order valence-electron chi connectivity index (χ1n) is 13.8. The highest BCUT2D eigenvalue weighted by atomic mass is 19.1. The molecule has 1 unspecified atom stereocenters. The van der Waals surface area contributed by atoms with Gasteiger partial charge in [-0.25, -0.2) is 4.39 Å². The van der Waals surface area contributed by atoms with Crippen molar-refractivity contribution >= 4 is 16.8 Å². The molecule has 7 heteroatoms. The van der Waals surface area contributed by atoms with Crippen LogP contribution in [0.5, 0.6) is 0 Å². The van der Waals surface area contributed by atoms with E-state index < -0.39 is 5.82 Å². The Morgan fingerprint density at radius 3 is 2.78 bits per heavy atom. The topological polar surface area (TPSA) is 53.4 Å². The van der Waals surface area contributed by atoms with Gasteiger partial charge in [-0.2, -0.15) is 0 Å². The van der Waals surface area contributed by atoms with E-state index >= 15 is 0 Å². The predicted octanol–water partition coefficient (Wildman–Crippen LogP) is 4.28. The smallest absolute Gasteiger partial charge is 0.256 e. The minimum absolute atomic E-state index is 0.0151. The number of benzene rings is 1. The molecule has 6 rings (SSSR count). The first kappa shape index (κ1) is 24.6. The molecule has 0 bridgehead atoms. The monoisotopic (exact) mass is 503 g/mol. The third kappa shape index (κ3) is 4.46. The Balaban J connectivity index is 1.29. The highest BCUT2D eigenvalue weighted by Crippen LogP contribution is 2.49. The first-order valence-corrected chi connectivity index (χ1v) is 13.8. The van der Waals surface area contributed by atoms with Crippen molar-refractivity contribution < 1.29 is 9.18 Å². The zero-order valence-electron chi connectivity index (χ0n) is 22.4. The Hall–Kier alpha value is -2.77. The number of aryl methyl sites for hydroxylation is 1. The van der Waals surface area contributed by atoms with E-state index in [0.29, 0.717) is 17.2 Å². The molecule has 3 aliphatic rings. The second kappa shape index (κ2) is 9.52. The minimum atomic E-state index is -0.406. The fraction of sp³-hybridized carbons (Fsp3) is 0.533. The summed E-state index contributed by atoms with van der Waals surface area (Å²) in [6.07, 6.45) is 8.17. The lowest BCUT2D eigenvalue weighted by Gasteiger charge is -2.23. The van der Waals surface area contributed by atoms with Crippen molar-refractivity contribution in [3.05, 3.63) is 59.3 Å². The van der Waals surface area contributed by atoms with Crippen LogP contribution in [0.3, 0.4) is 0 Å². The maximum Gasteiger partial charge on any atom is 0.256 e. The molecule has 196 valence electrons. The van der Waals surface area contributed by atoms with Crippen LogP contribution in [0.1, 0.15) is 41.8 Å². The van der Waals surface area contributed by atoms with E-state index in [0.717, 1.165) is 41.8 Å². The van der Waals surface area contributed by atoms with Gasteiger partial charge in [0.2, 0.25) is 0 Å². The molecule has 1 aromatic carbocycles. The molecule has 2 aromatic heterocycles. The number of carbonyl (C=O) groups excluding carboxylic acids is 1. The number of hydrogen-bond donors (Lipinski definition) is 1. The van der Waals surface area contributed by atoms with Gasteiger partial charge in [-0.05, 0) is 106 Å². The zero-order valence-corrected chi connectivity index (χ0v) is 22.4. The summed E-state index contributed by atoms with van der Waals surface area (Å²) in [6, 6.07) is 4.54. The number of rotatable bonds is 7. The summed E-state index contributed by atoms with van der Waals surface area (Å²) in [4.78, 5) is 22.2. The fourth-order valence-corrected chi connectivity index (χ4v) is 6.78.